The zero-order valence-electron chi connectivity index (χ0n) is 17.0. The second-order valence-electron chi connectivity index (χ2n) is 7.09. The number of aromatic amines is 1. The van der Waals surface area contributed by atoms with Crippen LogP contribution in [0.25, 0.3) is 27.8 Å². The monoisotopic (exact) mass is 517 g/mol. The maximum absolute atomic E-state index is 12.9. The number of nitrogens with zero attached hydrogens (tertiary/aromatic N) is 3. The van der Waals surface area contributed by atoms with Crippen molar-refractivity contribution in [2.24, 2.45) is 0 Å². The molecule has 0 aliphatic heterocycles. The van der Waals surface area contributed by atoms with Crippen LogP contribution in [-0.4, -0.2) is 25.7 Å². The number of anilines is 1. The third-order valence-electron chi connectivity index (χ3n) is 4.83. The molecule has 0 atom stereocenters. The van der Waals surface area contributed by atoms with E-state index in [0.717, 1.165) is 14.9 Å². The summed E-state index contributed by atoms with van der Waals surface area (Å²) in [5.74, 6) is 0.290. The van der Waals surface area contributed by atoms with Crippen LogP contribution in [-0.2, 0) is 0 Å². The molecule has 7 nitrogen and oxygen atoms in total. The number of nitrogens with one attached hydrogen (secondary N) is 2. The van der Waals surface area contributed by atoms with Gasteiger partial charge in [0, 0.05) is 27.7 Å². The number of thiophene rings is 1. The van der Waals surface area contributed by atoms with Crippen LogP contribution in [0.2, 0.25) is 0 Å². The van der Waals surface area contributed by atoms with Gasteiger partial charge < -0.3 is 5.32 Å². The molecule has 0 bridgehead atoms. The van der Waals surface area contributed by atoms with Gasteiger partial charge in [-0.3, -0.25) is 14.6 Å². The first-order valence-corrected chi connectivity index (χ1v) is 11.6. The number of hydrogen-bond acceptors (Lipinski definition) is 5. The molecule has 162 valence electrons. The van der Waals surface area contributed by atoms with Crippen LogP contribution in [0.15, 0.2) is 93.5 Å². The molecule has 9 heteroatoms. The molecule has 0 radical (unpaired) electrons. The topological polar surface area (TPSA) is 92.7 Å². The summed E-state index contributed by atoms with van der Waals surface area (Å²) in [5.41, 5.74) is 2.13. The Morgan fingerprint density at radius 2 is 1.76 bits per heavy atom. The third-order valence-corrected chi connectivity index (χ3v) is 6.25. The van der Waals surface area contributed by atoms with E-state index in [1.807, 2.05) is 47.8 Å². The van der Waals surface area contributed by atoms with Crippen molar-refractivity contribution in [3.05, 3.63) is 105 Å². The minimum atomic E-state index is -0.322. The number of benzene rings is 2. The first-order valence-electron chi connectivity index (χ1n) is 9.95. The van der Waals surface area contributed by atoms with E-state index in [-0.39, 0.29) is 17.4 Å². The molecule has 3 heterocycles. The average molecular weight is 518 g/mol. The smallest absolute Gasteiger partial charge is 0.256 e. The summed E-state index contributed by atoms with van der Waals surface area (Å²) in [6.07, 6.45) is 0. The largest absolute Gasteiger partial charge is 0.306 e. The van der Waals surface area contributed by atoms with Crippen molar-refractivity contribution in [3.8, 4) is 27.8 Å². The standard InChI is InChI=1S/C24H16BrN5O2S/c25-17-10-8-16(9-11-17)23(32)27-21-13-19(20-7-4-12-33-20)29-30(21)24-26-18(14-22(31)28-24)15-5-2-1-3-6-15/h1-14H,(H,27,32)(H,26,28,31). The molecule has 0 saturated carbocycles. The van der Waals surface area contributed by atoms with Crippen molar-refractivity contribution in [2.45, 2.75) is 0 Å². The van der Waals surface area contributed by atoms with Crippen LogP contribution in [0.4, 0.5) is 5.82 Å². The number of hydrogen-bond donors (Lipinski definition) is 2. The van der Waals surface area contributed by atoms with E-state index < -0.39 is 0 Å². The van der Waals surface area contributed by atoms with Crippen LogP contribution in [0, 0.1) is 0 Å². The number of carbonyl (C=O) groups excluding carboxylic acids is 1. The van der Waals surface area contributed by atoms with E-state index >= 15 is 0 Å². The Balaban J connectivity index is 1.59. The summed E-state index contributed by atoms with van der Waals surface area (Å²) in [6.45, 7) is 0. The summed E-state index contributed by atoms with van der Waals surface area (Å²) < 4.78 is 2.32. The van der Waals surface area contributed by atoms with E-state index in [0.29, 0.717) is 22.8 Å². The molecule has 5 rings (SSSR count). The Morgan fingerprint density at radius 3 is 2.48 bits per heavy atom. The van der Waals surface area contributed by atoms with Gasteiger partial charge in [-0.15, -0.1) is 11.3 Å². The highest BCUT2D eigenvalue weighted by atomic mass is 79.9. The highest BCUT2D eigenvalue weighted by Crippen LogP contribution is 2.28. The lowest BCUT2D eigenvalue weighted by molar-refractivity contribution is 0.102. The molecule has 0 aliphatic rings. The van der Waals surface area contributed by atoms with Gasteiger partial charge in [0.25, 0.3) is 11.5 Å². The van der Waals surface area contributed by atoms with Crippen molar-refractivity contribution in [3.63, 3.8) is 0 Å². The number of H-pyrrole nitrogens is 1. The highest BCUT2D eigenvalue weighted by Gasteiger charge is 2.17. The fraction of sp³-hybridized carbons (Fsp3) is 0. The highest BCUT2D eigenvalue weighted by molar-refractivity contribution is 9.10. The molecule has 0 spiro atoms. The maximum Gasteiger partial charge on any atom is 0.256 e. The van der Waals surface area contributed by atoms with Crippen LogP contribution in [0.5, 0.6) is 0 Å². The van der Waals surface area contributed by atoms with Gasteiger partial charge in [0.2, 0.25) is 5.95 Å². The van der Waals surface area contributed by atoms with Gasteiger partial charge in [-0.05, 0) is 35.7 Å². The Hall–Kier alpha value is -3.82. The lowest BCUT2D eigenvalue weighted by Crippen LogP contribution is -2.18. The second kappa shape index (κ2) is 8.97. The van der Waals surface area contributed by atoms with Gasteiger partial charge in [0.1, 0.15) is 11.5 Å². The van der Waals surface area contributed by atoms with Gasteiger partial charge in [0.05, 0.1) is 10.6 Å². The molecule has 33 heavy (non-hydrogen) atoms. The van der Waals surface area contributed by atoms with Crippen molar-refractivity contribution >= 4 is 39.0 Å². The number of amides is 1. The third kappa shape index (κ3) is 4.55. The molecular weight excluding hydrogens is 502 g/mol. The molecule has 0 saturated heterocycles. The number of aromatic nitrogens is 4. The van der Waals surface area contributed by atoms with Gasteiger partial charge in [-0.25, -0.2) is 4.98 Å². The van der Waals surface area contributed by atoms with E-state index in [2.05, 4.69) is 36.3 Å². The summed E-state index contributed by atoms with van der Waals surface area (Å²) in [6, 6.07) is 23.5. The predicted octanol–water partition coefficient (Wildman–Crippen LogP) is 5.37. The Morgan fingerprint density at radius 1 is 0.970 bits per heavy atom. The van der Waals surface area contributed by atoms with Gasteiger partial charge in [0.15, 0.2) is 0 Å². The van der Waals surface area contributed by atoms with E-state index in [9.17, 15) is 9.59 Å². The fourth-order valence-electron chi connectivity index (χ4n) is 3.27. The SMILES string of the molecule is O=C(Nc1cc(-c2cccs2)nn1-c1nc(-c2ccccc2)cc(=O)[nH]1)c1ccc(Br)cc1. The van der Waals surface area contributed by atoms with Crippen molar-refractivity contribution in [1.82, 2.24) is 19.7 Å². The molecule has 1 amide bonds. The van der Waals surface area contributed by atoms with Crippen molar-refractivity contribution in [2.75, 3.05) is 5.32 Å². The fourth-order valence-corrected chi connectivity index (χ4v) is 4.21. The predicted molar refractivity (Wildman–Crippen MR) is 133 cm³/mol. The number of halogens is 1. The Kier molecular flexibility index (Phi) is 5.72. The first-order chi connectivity index (χ1) is 16.1. The molecule has 3 aromatic heterocycles. The van der Waals surface area contributed by atoms with Crippen LogP contribution >= 0.6 is 27.3 Å². The van der Waals surface area contributed by atoms with Crippen LogP contribution < -0.4 is 10.9 Å². The van der Waals surface area contributed by atoms with E-state index in [1.165, 1.54) is 22.1 Å². The Bertz CT molecular complexity index is 1480. The van der Waals surface area contributed by atoms with Crippen molar-refractivity contribution < 1.29 is 4.79 Å². The summed E-state index contributed by atoms with van der Waals surface area (Å²) in [7, 11) is 0. The second-order valence-corrected chi connectivity index (χ2v) is 8.95. The first kappa shape index (κ1) is 21.0. The maximum atomic E-state index is 12.9. The molecule has 0 unspecified atom stereocenters. The number of carbonyl (C=O) groups is 1. The Labute approximate surface area is 200 Å². The van der Waals surface area contributed by atoms with Crippen molar-refractivity contribution in [1.29, 1.82) is 0 Å². The van der Waals surface area contributed by atoms with E-state index in [4.69, 9.17) is 0 Å². The average Bonchev–Trinajstić information content (AvgIpc) is 3.50. The van der Waals surface area contributed by atoms with Crippen LogP contribution in [0.1, 0.15) is 10.4 Å². The lowest BCUT2D eigenvalue weighted by Gasteiger charge is -2.09. The number of rotatable bonds is 5. The molecule has 0 fully saturated rings. The summed E-state index contributed by atoms with van der Waals surface area (Å²) >= 11 is 4.90. The van der Waals surface area contributed by atoms with E-state index in [1.54, 1.807) is 30.3 Å². The van der Waals surface area contributed by atoms with Crippen LogP contribution in [0.3, 0.4) is 0 Å². The van der Waals surface area contributed by atoms with Gasteiger partial charge >= 0.3 is 0 Å². The minimum Gasteiger partial charge on any atom is -0.306 e. The normalized spacial score (nSPS) is 10.8. The summed E-state index contributed by atoms with van der Waals surface area (Å²) in [4.78, 5) is 33.6. The quantitative estimate of drug-likeness (QED) is 0.328. The molecule has 0 aliphatic carbocycles. The minimum absolute atomic E-state index is 0.204. The van der Waals surface area contributed by atoms with Gasteiger partial charge in [-0.2, -0.15) is 9.78 Å². The molecule has 5 aromatic rings. The zero-order valence-corrected chi connectivity index (χ0v) is 19.4. The zero-order chi connectivity index (χ0) is 22.8. The molecule has 2 N–H and O–H groups in total. The van der Waals surface area contributed by atoms with Gasteiger partial charge in [-0.1, -0.05) is 52.3 Å². The lowest BCUT2D eigenvalue weighted by atomic mass is 10.1. The molecular formula is C24H16BrN5O2S. The molecule has 2 aromatic carbocycles. The summed E-state index contributed by atoms with van der Waals surface area (Å²) in [5, 5.41) is 9.48.